The van der Waals surface area contributed by atoms with Crippen molar-refractivity contribution in [1.29, 1.82) is 0 Å². The largest absolute Gasteiger partial charge is 0.390 e. The summed E-state index contributed by atoms with van der Waals surface area (Å²) in [7, 11) is 0. The fraction of sp³-hybridized carbons (Fsp3) is 0.429. The molecule has 0 aliphatic heterocycles. The van der Waals surface area contributed by atoms with E-state index in [-0.39, 0.29) is 5.01 Å². The minimum atomic E-state index is -4.24. The molecule has 3 nitrogen and oxygen atoms in total. The van der Waals surface area contributed by atoms with Gasteiger partial charge in [0.05, 0.1) is 6.42 Å². The lowest BCUT2D eigenvalue weighted by molar-refractivity contribution is -0.132. The minimum Gasteiger partial charge on any atom is -0.350 e. The fourth-order valence-corrected chi connectivity index (χ4v) is 1.28. The number of alkyl halides is 3. The number of hydrogen-bond acceptors (Lipinski definition) is 3. The van der Waals surface area contributed by atoms with E-state index >= 15 is 0 Å². The zero-order valence-corrected chi connectivity index (χ0v) is 7.78. The average Bonchev–Trinajstić information content (AvgIpc) is 2.53. The number of aromatic nitrogens is 1. The number of carbonyl (C=O) groups is 1. The van der Waals surface area contributed by atoms with E-state index in [1.165, 1.54) is 6.20 Å². The third-order valence-electron chi connectivity index (χ3n) is 1.32. The van der Waals surface area contributed by atoms with Crippen molar-refractivity contribution >= 4 is 17.2 Å². The van der Waals surface area contributed by atoms with Crippen molar-refractivity contribution in [2.45, 2.75) is 12.6 Å². The minimum absolute atomic E-state index is 0.173. The second-order valence-electron chi connectivity index (χ2n) is 2.46. The molecule has 0 atom stereocenters. The molecule has 1 amide bonds. The van der Waals surface area contributed by atoms with Gasteiger partial charge >= 0.3 is 6.18 Å². The van der Waals surface area contributed by atoms with Gasteiger partial charge in [0.2, 0.25) is 0 Å². The number of nitrogens with zero attached hydrogens (tertiary/aromatic N) is 1. The van der Waals surface area contributed by atoms with Crippen LogP contribution in [-0.4, -0.2) is 23.6 Å². The van der Waals surface area contributed by atoms with Crippen LogP contribution in [0.25, 0.3) is 0 Å². The van der Waals surface area contributed by atoms with E-state index in [1.807, 2.05) is 0 Å². The van der Waals surface area contributed by atoms with E-state index < -0.39 is 25.0 Å². The molecule has 0 fully saturated rings. The van der Waals surface area contributed by atoms with Gasteiger partial charge in [-0.2, -0.15) is 13.2 Å². The molecule has 1 aromatic rings. The quantitative estimate of drug-likeness (QED) is 0.851. The summed E-state index contributed by atoms with van der Waals surface area (Å²) in [5, 5.41) is 3.89. The summed E-state index contributed by atoms with van der Waals surface area (Å²) in [5.41, 5.74) is 0. The molecule has 0 spiro atoms. The summed E-state index contributed by atoms with van der Waals surface area (Å²) in [6.45, 7) is -0.415. The van der Waals surface area contributed by atoms with E-state index in [9.17, 15) is 18.0 Å². The lowest BCUT2D eigenvalue weighted by atomic mass is 10.4. The third kappa shape index (κ3) is 3.73. The highest BCUT2D eigenvalue weighted by Crippen LogP contribution is 2.18. The van der Waals surface area contributed by atoms with E-state index in [0.29, 0.717) is 0 Å². The Hall–Kier alpha value is -1.11. The van der Waals surface area contributed by atoms with Crippen molar-refractivity contribution < 1.29 is 18.0 Å². The number of carbonyl (C=O) groups excluding carboxylic acids is 1. The van der Waals surface area contributed by atoms with Crippen molar-refractivity contribution in [2.24, 2.45) is 0 Å². The Kier molecular flexibility index (Phi) is 3.45. The van der Waals surface area contributed by atoms with Crippen LogP contribution in [0.5, 0.6) is 0 Å². The SMILES string of the molecule is O=C(NCCC(F)(F)F)c1nccs1. The van der Waals surface area contributed by atoms with Crippen LogP contribution in [0.2, 0.25) is 0 Å². The van der Waals surface area contributed by atoms with Crippen LogP contribution >= 0.6 is 11.3 Å². The average molecular weight is 224 g/mol. The molecule has 7 heteroatoms. The first-order valence-corrected chi connectivity index (χ1v) is 4.61. The summed E-state index contributed by atoms with van der Waals surface area (Å²) in [4.78, 5) is 14.7. The second-order valence-corrected chi connectivity index (χ2v) is 3.35. The van der Waals surface area contributed by atoms with Crippen LogP contribution in [-0.2, 0) is 0 Å². The number of hydrogen-bond donors (Lipinski definition) is 1. The van der Waals surface area contributed by atoms with Crippen LogP contribution in [0.15, 0.2) is 11.6 Å². The first kappa shape index (κ1) is 11.0. The van der Waals surface area contributed by atoms with Gasteiger partial charge in [-0.05, 0) is 0 Å². The number of rotatable bonds is 3. The molecule has 1 heterocycles. The number of amides is 1. The first-order valence-electron chi connectivity index (χ1n) is 3.73. The Morgan fingerprint density at radius 1 is 1.57 bits per heavy atom. The van der Waals surface area contributed by atoms with Crippen molar-refractivity contribution in [3.8, 4) is 0 Å². The molecule has 0 aromatic carbocycles. The standard InChI is InChI=1S/C7H7F3N2OS/c8-7(9,10)1-2-11-5(13)6-12-3-4-14-6/h3-4H,1-2H2,(H,11,13). The van der Waals surface area contributed by atoms with Crippen LogP contribution < -0.4 is 5.32 Å². The summed E-state index contributed by atoms with van der Waals surface area (Å²) in [5.74, 6) is -0.566. The van der Waals surface area contributed by atoms with Crippen molar-refractivity contribution in [3.63, 3.8) is 0 Å². The van der Waals surface area contributed by atoms with Crippen LogP contribution in [0.1, 0.15) is 16.2 Å². The zero-order valence-electron chi connectivity index (χ0n) is 6.97. The van der Waals surface area contributed by atoms with Crippen LogP contribution in [0.4, 0.5) is 13.2 Å². The molecule has 0 saturated heterocycles. The monoisotopic (exact) mass is 224 g/mol. The molecule has 0 aliphatic carbocycles. The fourth-order valence-electron chi connectivity index (χ4n) is 0.729. The second kappa shape index (κ2) is 4.41. The summed E-state index contributed by atoms with van der Waals surface area (Å²) >= 11 is 1.08. The molecule has 0 aliphatic rings. The number of halogens is 3. The maximum Gasteiger partial charge on any atom is 0.390 e. The van der Waals surface area contributed by atoms with Gasteiger partial charge < -0.3 is 5.32 Å². The third-order valence-corrected chi connectivity index (χ3v) is 2.09. The van der Waals surface area contributed by atoms with E-state index in [1.54, 1.807) is 5.38 Å². The Morgan fingerprint density at radius 3 is 2.79 bits per heavy atom. The molecular formula is C7H7F3N2OS. The summed E-state index contributed by atoms with van der Waals surface area (Å²) in [6.07, 6.45) is -3.84. The van der Waals surface area contributed by atoms with Crippen molar-refractivity contribution in [2.75, 3.05) is 6.54 Å². The lowest BCUT2D eigenvalue weighted by Crippen LogP contribution is -2.27. The van der Waals surface area contributed by atoms with Gasteiger partial charge in [-0.1, -0.05) is 0 Å². The molecule has 1 rings (SSSR count). The normalized spacial score (nSPS) is 11.4. The highest BCUT2D eigenvalue weighted by molar-refractivity contribution is 7.11. The molecule has 78 valence electrons. The number of thiazole rings is 1. The molecule has 1 aromatic heterocycles. The van der Waals surface area contributed by atoms with E-state index in [0.717, 1.165) is 11.3 Å². The Bertz CT molecular complexity index is 296. The zero-order chi connectivity index (χ0) is 10.6. The topological polar surface area (TPSA) is 42.0 Å². The molecule has 0 unspecified atom stereocenters. The van der Waals surface area contributed by atoms with Gasteiger partial charge in [0.15, 0.2) is 5.01 Å². The molecule has 14 heavy (non-hydrogen) atoms. The molecule has 0 bridgehead atoms. The Labute approximate surface area is 82.0 Å². The van der Waals surface area contributed by atoms with Crippen LogP contribution in [0.3, 0.4) is 0 Å². The summed E-state index contributed by atoms with van der Waals surface area (Å²) < 4.78 is 35.1. The Balaban J connectivity index is 2.30. The van der Waals surface area contributed by atoms with Gasteiger partial charge in [-0.3, -0.25) is 4.79 Å². The predicted octanol–water partition coefficient (Wildman–Crippen LogP) is 1.83. The molecule has 1 N–H and O–H groups in total. The molecular weight excluding hydrogens is 217 g/mol. The Morgan fingerprint density at radius 2 is 2.29 bits per heavy atom. The van der Waals surface area contributed by atoms with E-state index in [4.69, 9.17) is 0 Å². The van der Waals surface area contributed by atoms with Gasteiger partial charge in [-0.25, -0.2) is 4.98 Å². The highest BCUT2D eigenvalue weighted by Gasteiger charge is 2.26. The van der Waals surface area contributed by atoms with Gasteiger partial charge in [0, 0.05) is 18.1 Å². The maximum absolute atomic E-state index is 11.7. The predicted molar refractivity (Wildman–Crippen MR) is 45.1 cm³/mol. The van der Waals surface area contributed by atoms with Gasteiger partial charge in [0.25, 0.3) is 5.91 Å². The number of nitrogens with one attached hydrogen (secondary N) is 1. The lowest BCUT2D eigenvalue weighted by Gasteiger charge is -2.06. The van der Waals surface area contributed by atoms with Crippen molar-refractivity contribution in [1.82, 2.24) is 10.3 Å². The van der Waals surface area contributed by atoms with E-state index in [2.05, 4.69) is 10.3 Å². The smallest absolute Gasteiger partial charge is 0.350 e. The molecule has 0 radical (unpaired) electrons. The maximum atomic E-state index is 11.7. The first-order chi connectivity index (χ1) is 6.49. The van der Waals surface area contributed by atoms with Crippen molar-refractivity contribution in [3.05, 3.63) is 16.6 Å². The summed E-state index contributed by atoms with van der Waals surface area (Å²) in [6, 6.07) is 0. The van der Waals surface area contributed by atoms with Gasteiger partial charge in [-0.15, -0.1) is 11.3 Å². The molecule has 0 saturated carbocycles. The van der Waals surface area contributed by atoms with Crippen LogP contribution in [0, 0.1) is 0 Å². The highest BCUT2D eigenvalue weighted by atomic mass is 32.1. The van der Waals surface area contributed by atoms with Gasteiger partial charge in [0.1, 0.15) is 0 Å².